The van der Waals surface area contributed by atoms with E-state index in [1.165, 1.54) is 12.1 Å². The first-order valence-electron chi connectivity index (χ1n) is 8.33. The van der Waals surface area contributed by atoms with E-state index < -0.39 is 37.3 Å². The second kappa shape index (κ2) is 9.04. The fourth-order valence-corrected chi connectivity index (χ4v) is 2.79. The Hall–Kier alpha value is -2.07. The van der Waals surface area contributed by atoms with Gasteiger partial charge < -0.3 is 26.0 Å². The lowest BCUT2D eigenvalue weighted by Crippen LogP contribution is -2.60. The van der Waals surface area contributed by atoms with Crippen LogP contribution >= 0.6 is 0 Å². The maximum absolute atomic E-state index is 13.0. The number of rotatable bonds is 8. The Morgan fingerprint density at radius 2 is 1.85 bits per heavy atom. The normalized spacial score (nSPS) is 18.5. The average molecular weight is 369 g/mol. The molecule has 0 saturated carbocycles. The number of piperazine rings is 1. The summed E-state index contributed by atoms with van der Waals surface area (Å²) >= 11 is 0. The molecule has 0 bridgehead atoms. The van der Waals surface area contributed by atoms with Gasteiger partial charge >= 0.3 is 0 Å². The fraction of sp³-hybridized carbons (Fsp3) is 0.529. The first-order chi connectivity index (χ1) is 12.4. The summed E-state index contributed by atoms with van der Waals surface area (Å²) in [5.74, 6) is -1.24. The van der Waals surface area contributed by atoms with Crippen LogP contribution in [0.4, 0.5) is 4.39 Å². The molecular formula is C17H24FN3O5. The topological polar surface area (TPSA) is 122 Å². The van der Waals surface area contributed by atoms with Crippen LogP contribution in [0.15, 0.2) is 24.3 Å². The molecule has 1 aromatic carbocycles. The zero-order valence-corrected chi connectivity index (χ0v) is 14.3. The molecule has 0 aromatic heterocycles. The molecule has 8 nitrogen and oxygen atoms in total. The monoisotopic (exact) mass is 369 g/mol. The molecule has 1 heterocycles. The number of hydrogen-bond donors (Lipinski definition) is 5. The highest BCUT2D eigenvalue weighted by atomic mass is 19.1. The van der Waals surface area contributed by atoms with E-state index in [2.05, 4.69) is 10.6 Å². The molecule has 1 unspecified atom stereocenters. The van der Waals surface area contributed by atoms with Crippen LogP contribution in [0.5, 0.6) is 0 Å². The van der Waals surface area contributed by atoms with Crippen molar-refractivity contribution in [2.45, 2.75) is 24.5 Å². The molecule has 2 amide bonds. The second-order valence-electron chi connectivity index (χ2n) is 6.41. The molecule has 0 radical (unpaired) electrons. The summed E-state index contributed by atoms with van der Waals surface area (Å²) in [6.45, 7) is -0.583. The minimum atomic E-state index is -1.54. The lowest BCUT2D eigenvalue weighted by Gasteiger charge is -2.36. The molecule has 5 N–H and O–H groups in total. The van der Waals surface area contributed by atoms with Gasteiger partial charge in [-0.3, -0.25) is 14.5 Å². The average Bonchev–Trinajstić information content (AvgIpc) is 2.64. The Labute approximate surface area is 150 Å². The van der Waals surface area contributed by atoms with Crippen molar-refractivity contribution in [2.24, 2.45) is 0 Å². The molecule has 26 heavy (non-hydrogen) atoms. The van der Waals surface area contributed by atoms with Crippen LogP contribution in [0.25, 0.3) is 0 Å². The van der Waals surface area contributed by atoms with Crippen molar-refractivity contribution in [2.75, 3.05) is 32.9 Å². The van der Waals surface area contributed by atoms with Crippen molar-refractivity contribution in [1.82, 2.24) is 15.5 Å². The van der Waals surface area contributed by atoms with Gasteiger partial charge in [-0.25, -0.2) is 4.39 Å². The Kier molecular flexibility index (Phi) is 7.04. The SMILES string of the molecule is O=C(CC1C(=O)NCCN1Cc1ccc(F)cc1)NC(CO)(CO)CO. The van der Waals surface area contributed by atoms with Gasteiger partial charge in [0, 0.05) is 19.6 Å². The summed E-state index contributed by atoms with van der Waals surface area (Å²) in [6.07, 6.45) is -0.200. The largest absolute Gasteiger partial charge is 0.394 e. The summed E-state index contributed by atoms with van der Waals surface area (Å²) in [7, 11) is 0. The van der Waals surface area contributed by atoms with Gasteiger partial charge in [-0.1, -0.05) is 12.1 Å². The van der Waals surface area contributed by atoms with Gasteiger partial charge in [0.1, 0.15) is 11.4 Å². The molecule has 1 saturated heterocycles. The van der Waals surface area contributed by atoms with Crippen LogP contribution in [0, 0.1) is 5.82 Å². The number of nitrogens with zero attached hydrogens (tertiary/aromatic N) is 1. The number of aliphatic hydroxyl groups is 3. The van der Waals surface area contributed by atoms with Gasteiger partial charge in [0.2, 0.25) is 11.8 Å². The third-order valence-electron chi connectivity index (χ3n) is 4.43. The van der Waals surface area contributed by atoms with Gasteiger partial charge in [0.05, 0.1) is 32.3 Å². The maximum Gasteiger partial charge on any atom is 0.237 e. The molecule has 0 spiro atoms. The van der Waals surface area contributed by atoms with Crippen LogP contribution in [0.2, 0.25) is 0 Å². The van der Waals surface area contributed by atoms with E-state index in [0.29, 0.717) is 19.6 Å². The minimum Gasteiger partial charge on any atom is -0.394 e. The standard InChI is InChI=1S/C17H24FN3O5/c18-13-3-1-12(2-4-13)8-21-6-5-19-16(26)14(21)7-15(25)20-17(9-22,10-23)11-24/h1-4,14,22-24H,5-11H2,(H,19,26)(H,20,25). The van der Waals surface area contributed by atoms with Crippen molar-refractivity contribution >= 4 is 11.8 Å². The van der Waals surface area contributed by atoms with Crippen LogP contribution in [-0.4, -0.2) is 76.5 Å². The lowest BCUT2D eigenvalue weighted by atomic mass is 10.0. The van der Waals surface area contributed by atoms with Crippen molar-refractivity contribution in [3.63, 3.8) is 0 Å². The number of benzene rings is 1. The molecule has 1 aliphatic rings. The Balaban J connectivity index is 2.06. The third-order valence-corrected chi connectivity index (χ3v) is 4.43. The van der Waals surface area contributed by atoms with Crippen molar-refractivity contribution in [3.05, 3.63) is 35.6 Å². The van der Waals surface area contributed by atoms with Crippen LogP contribution in [0.3, 0.4) is 0 Å². The molecular weight excluding hydrogens is 345 g/mol. The van der Waals surface area contributed by atoms with Gasteiger partial charge in [-0.15, -0.1) is 0 Å². The summed E-state index contributed by atoms with van der Waals surface area (Å²) in [5, 5.41) is 33.0. The van der Waals surface area contributed by atoms with Gasteiger partial charge in [-0.2, -0.15) is 0 Å². The van der Waals surface area contributed by atoms with Crippen LogP contribution in [-0.2, 0) is 16.1 Å². The van der Waals surface area contributed by atoms with E-state index in [1.54, 1.807) is 12.1 Å². The molecule has 9 heteroatoms. The van der Waals surface area contributed by atoms with E-state index in [4.69, 9.17) is 0 Å². The van der Waals surface area contributed by atoms with Crippen molar-refractivity contribution in [3.8, 4) is 0 Å². The van der Waals surface area contributed by atoms with Crippen LogP contribution in [0.1, 0.15) is 12.0 Å². The first-order valence-corrected chi connectivity index (χ1v) is 8.33. The minimum absolute atomic E-state index is 0.200. The van der Waals surface area contributed by atoms with Gasteiger partial charge in [0.25, 0.3) is 0 Å². The van der Waals surface area contributed by atoms with Crippen LogP contribution < -0.4 is 10.6 Å². The smallest absolute Gasteiger partial charge is 0.237 e. The predicted molar refractivity (Wildman–Crippen MR) is 90.4 cm³/mol. The number of hydrogen-bond acceptors (Lipinski definition) is 6. The molecule has 1 atom stereocenters. The number of aliphatic hydroxyl groups excluding tert-OH is 3. The number of halogens is 1. The Morgan fingerprint density at radius 1 is 1.23 bits per heavy atom. The number of nitrogens with one attached hydrogen (secondary N) is 2. The van der Waals surface area contributed by atoms with E-state index in [-0.39, 0.29) is 18.1 Å². The summed E-state index contributed by atoms with van der Waals surface area (Å²) in [4.78, 5) is 26.3. The molecule has 1 fully saturated rings. The highest BCUT2D eigenvalue weighted by Gasteiger charge is 2.35. The first kappa shape index (κ1) is 20.2. The van der Waals surface area contributed by atoms with E-state index in [0.717, 1.165) is 5.56 Å². The second-order valence-corrected chi connectivity index (χ2v) is 6.41. The zero-order valence-electron chi connectivity index (χ0n) is 14.3. The van der Waals surface area contributed by atoms with Crippen molar-refractivity contribution < 1.29 is 29.3 Å². The van der Waals surface area contributed by atoms with Gasteiger partial charge in [-0.05, 0) is 17.7 Å². The molecule has 1 aromatic rings. The Bertz CT molecular complexity index is 613. The third kappa shape index (κ3) is 4.98. The summed E-state index contributed by atoms with van der Waals surface area (Å²) in [6, 6.07) is 5.15. The molecule has 2 rings (SSSR count). The zero-order chi connectivity index (χ0) is 19.2. The lowest BCUT2D eigenvalue weighted by molar-refractivity contribution is -0.135. The van der Waals surface area contributed by atoms with E-state index >= 15 is 0 Å². The molecule has 144 valence electrons. The van der Waals surface area contributed by atoms with Crippen molar-refractivity contribution in [1.29, 1.82) is 0 Å². The van der Waals surface area contributed by atoms with E-state index in [1.807, 2.05) is 4.90 Å². The highest BCUT2D eigenvalue weighted by molar-refractivity contribution is 5.89. The molecule has 1 aliphatic heterocycles. The van der Waals surface area contributed by atoms with E-state index in [9.17, 15) is 29.3 Å². The maximum atomic E-state index is 13.0. The predicted octanol–water partition coefficient (Wildman–Crippen LogP) is -1.65. The number of carbonyl (C=O) groups is 2. The number of amides is 2. The quantitative estimate of drug-likeness (QED) is 0.374. The highest BCUT2D eigenvalue weighted by Crippen LogP contribution is 2.15. The Morgan fingerprint density at radius 3 is 2.42 bits per heavy atom. The number of carbonyl (C=O) groups excluding carboxylic acids is 2. The fourth-order valence-electron chi connectivity index (χ4n) is 2.79. The summed E-state index contributed by atoms with van der Waals surface area (Å²) in [5.41, 5.74) is -0.730. The molecule has 0 aliphatic carbocycles. The van der Waals surface area contributed by atoms with Gasteiger partial charge in [0.15, 0.2) is 0 Å². The summed E-state index contributed by atoms with van der Waals surface area (Å²) < 4.78 is 13.0.